The third-order valence-corrected chi connectivity index (χ3v) is 3.15. The molecule has 0 unspecified atom stereocenters. The van der Waals surface area contributed by atoms with Crippen LogP contribution in [0.25, 0.3) is 0 Å². The van der Waals surface area contributed by atoms with Gasteiger partial charge in [0.2, 0.25) is 0 Å². The second kappa shape index (κ2) is 6.90. The van der Waals surface area contributed by atoms with E-state index in [0.29, 0.717) is 0 Å². The number of hydrogen-bond acceptors (Lipinski definition) is 3. The molecule has 0 atom stereocenters. The van der Waals surface area contributed by atoms with E-state index in [1.165, 1.54) is 5.56 Å². The van der Waals surface area contributed by atoms with Gasteiger partial charge >= 0.3 is 0 Å². The zero-order chi connectivity index (χ0) is 13.6. The molecule has 0 amide bonds. The van der Waals surface area contributed by atoms with Crippen LogP contribution in [0.4, 0.5) is 0 Å². The van der Waals surface area contributed by atoms with Gasteiger partial charge in [-0.15, -0.1) is 0 Å². The van der Waals surface area contributed by atoms with Gasteiger partial charge in [0, 0.05) is 31.4 Å². The Hall–Kier alpha value is -0.870. The fourth-order valence-electron chi connectivity index (χ4n) is 1.83. The van der Waals surface area contributed by atoms with Crippen LogP contribution in [-0.2, 0) is 12.1 Å². The Morgan fingerprint density at radius 3 is 2.44 bits per heavy atom. The minimum absolute atomic E-state index is 0.0689. The lowest BCUT2D eigenvalue weighted by Crippen LogP contribution is -2.31. The van der Waals surface area contributed by atoms with E-state index in [9.17, 15) is 0 Å². The highest BCUT2D eigenvalue weighted by Crippen LogP contribution is 2.12. The SMILES string of the molecule is CCN(CC)CCNCc1cnn(C(C)(C)C)c1. The highest BCUT2D eigenvalue weighted by atomic mass is 15.3. The van der Waals surface area contributed by atoms with Gasteiger partial charge in [-0.3, -0.25) is 4.68 Å². The maximum Gasteiger partial charge on any atom is 0.0543 e. The summed E-state index contributed by atoms with van der Waals surface area (Å²) < 4.78 is 2.02. The number of aromatic nitrogens is 2. The Morgan fingerprint density at radius 2 is 1.94 bits per heavy atom. The molecule has 0 spiro atoms. The van der Waals surface area contributed by atoms with Gasteiger partial charge in [0.15, 0.2) is 0 Å². The van der Waals surface area contributed by atoms with E-state index in [2.05, 4.69) is 56.1 Å². The third kappa shape index (κ3) is 4.78. The number of rotatable bonds is 7. The molecule has 4 nitrogen and oxygen atoms in total. The van der Waals surface area contributed by atoms with Gasteiger partial charge in [-0.2, -0.15) is 5.10 Å². The monoisotopic (exact) mass is 252 g/mol. The minimum Gasteiger partial charge on any atom is -0.311 e. The summed E-state index contributed by atoms with van der Waals surface area (Å²) in [4.78, 5) is 2.42. The van der Waals surface area contributed by atoms with Crippen LogP contribution in [0.5, 0.6) is 0 Å². The topological polar surface area (TPSA) is 33.1 Å². The van der Waals surface area contributed by atoms with E-state index in [0.717, 1.165) is 32.7 Å². The van der Waals surface area contributed by atoms with Crippen LogP contribution in [0.3, 0.4) is 0 Å². The molecular weight excluding hydrogens is 224 g/mol. The highest BCUT2D eigenvalue weighted by molar-refractivity contribution is 5.04. The van der Waals surface area contributed by atoms with Crippen molar-refractivity contribution in [1.82, 2.24) is 20.0 Å². The lowest BCUT2D eigenvalue weighted by molar-refractivity contribution is 0.302. The van der Waals surface area contributed by atoms with E-state index < -0.39 is 0 Å². The summed E-state index contributed by atoms with van der Waals surface area (Å²) in [6.45, 7) is 16.2. The lowest BCUT2D eigenvalue weighted by Gasteiger charge is -2.19. The molecule has 0 aliphatic rings. The van der Waals surface area contributed by atoms with Gasteiger partial charge in [-0.05, 0) is 33.9 Å². The molecule has 0 bridgehead atoms. The number of nitrogens with zero attached hydrogens (tertiary/aromatic N) is 3. The van der Waals surface area contributed by atoms with Gasteiger partial charge in [0.05, 0.1) is 11.7 Å². The molecule has 0 aromatic carbocycles. The molecule has 1 aromatic rings. The maximum atomic E-state index is 4.40. The summed E-state index contributed by atoms with van der Waals surface area (Å²) in [5, 5.41) is 7.87. The average Bonchev–Trinajstić information content (AvgIpc) is 2.78. The summed E-state index contributed by atoms with van der Waals surface area (Å²) in [5.41, 5.74) is 1.32. The van der Waals surface area contributed by atoms with Crippen molar-refractivity contribution in [1.29, 1.82) is 0 Å². The van der Waals surface area contributed by atoms with Crippen molar-refractivity contribution >= 4 is 0 Å². The van der Waals surface area contributed by atoms with Crippen molar-refractivity contribution in [3.63, 3.8) is 0 Å². The fourth-order valence-corrected chi connectivity index (χ4v) is 1.83. The van der Waals surface area contributed by atoms with E-state index in [1.807, 2.05) is 10.9 Å². The first-order chi connectivity index (χ1) is 8.47. The molecule has 1 rings (SSSR count). The molecule has 0 saturated heterocycles. The smallest absolute Gasteiger partial charge is 0.0543 e. The molecule has 0 saturated carbocycles. The highest BCUT2D eigenvalue weighted by Gasteiger charge is 2.13. The van der Waals surface area contributed by atoms with Gasteiger partial charge in [0.25, 0.3) is 0 Å². The molecular formula is C14H28N4. The van der Waals surface area contributed by atoms with Crippen molar-refractivity contribution in [2.24, 2.45) is 0 Å². The second-order valence-corrected chi connectivity index (χ2v) is 5.67. The van der Waals surface area contributed by atoms with Crippen LogP contribution in [0.1, 0.15) is 40.2 Å². The Kier molecular flexibility index (Phi) is 5.82. The first-order valence-electron chi connectivity index (χ1n) is 6.94. The Labute approximate surface area is 111 Å². The molecule has 4 heteroatoms. The largest absolute Gasteiger partial charge is 0.311 e. The molecule has 0 radical (unpaired) electrons. The number of likely N-dealkylation sites (N-methyl/N-ethyl adjacent to an activating group) is 1. The number of nitrogens with one attached hydrogen (secondary N) is 1. The van der Waals surface area contributed by atoms with Crippen molar-refractivity contribution in [3.8, 4) is 0 Å². The summed E-state index contributed by atoms with van der Waals surface area (Å²) in [7, 11) is 0. The van der Waals surface area contributed by atoms with Crippen molar-refractivity contribution in [3.05, 3.63) is 18.0 Å². The average molecular weight is 252 g/mol. The standard InChI is InChI=1S/C14H28N4/c1-6-17(7-2)9-8-15-10-13-11-16-18(12-13)14(3,4)5/h11-12,15H,6-10H2,1-5H3. The van der Waals surface area contributed by atoms with Gasteiger partial charge < -0.3 is 10.2 Å². The van der Waals surface area contributed by atoms with Crippen LogP contribution >= 0.6 is 0 Å². The summed E-state index contributed by atoms with van der Waals surface area (Å²) in [6, 6.07) is 0. The minimum atomic E-state index is 0.0689. The maximum absolute atomic E-state index is 4.40. The lowest BCUT2D eigenvalue weighted by atomic mass is 10.1. The summed E-state index contributed by atoms with van der Waals surface area (Å²) in [6.07, 6.45) is 4.08. The Morgan fingerprint density at radius 1 is 1.28 bits per heavy atom. The summed E-state index contributed by atoms with van der Waals surface area (Å²) in [5.74, 6) is 0. The molecule has 1 heterocycles. The van der Waals surface area contributed by atoms with E-state index in [-0.39, 0.29) is 5.54 Å². The molecule has 0 fully saturated rings. The molecule has 0 aliphatic carbocycles. The second-order valence-electron chi connectivity index (χ2n) is 5.67. The molecule has 1 N–H and O–H groups in total. The predicted molar refractivity (Wildman–Crippen MR) is 76.7 cm³/mol. The zero-order valence-corrected chi connectivity index (χ0v) is 12.5. The van der Waals surface area contributed by atoms with Crippen LogP contribution in [-0.4, -0.2) is 40.9 Å². The van der Waals surface area contributed by atoms with Gasteiger partial charge in [0.1, 0.15) is 0 Å². The van der Waals surface area contributed by atoms with Crippen molar-refractivity contribution in [2.45, 2.75) is 46.7 Å². The quantitative estimate of drug-likeness (QED) is 0.754. The van der Waals surface area contributed by atoms with Gasteiger partial charge in [-0.1, -0.05) is 13.8 Å². The fraction of sp³-hybridized carbons (Fsp3) is 0.786. The Bertz CT molecular complexity index is 334. The normalized spacial score (nSPS) is 12.3. The first kappa shape index (κ1) is 15.2. The zero-order valence-electron chi connectivity index (χ0n) is 12.5. The molecule has 1 aromatic heterocycles. The molecule has 104 valence electrons. The number of hydrogen-bond donors (Lipinski definition) is 1. The van der Waals surface area contributed by atoms with Crippen molar-refractivity contribution < 1.29 is 0 Å². The van der Waals surface area contributed by atoms with Crippen LogP contribution < -0.4 is 5.32 Å². The molecule has 18 heavy (non-hydrogen) atoms. The third-order valence-electron chi connectivity index (χ3n) is 3.15. The summed E-state index contributed by atoms with van der Waals surface area (Å²) >= 11 is 0. The molecule has 0 aliphatic heterocycles. The van der Waals surface area contributed by atoms with Crippen LogP contribution in [0.15, 0.2) is 12.4 Å². The van der Waals surface area contributed by atoms with Crippen LogP contribution in [0, 0.1) is 0 Å². The van der Waals surface area contributed by atoms with E-state index >= 15 is 0 Å². The first-order valence-corrected chi connectivity index (χ1v) is 6.94. The van der Waals surface area contributed by atoms with Crippen LogP contribution in [0.2, 0.25) is 0 Å². The predicted octanol–water partition coefficient (Wildman–Crippen LogP) is 2.07. The Balaban J connectivity index is 2.30. The van der Waals surface area contributed by atoms with E-state index in [4.69, 9.17) is 0 Å². The van der Waals surface area contributed by atoms with Gasteiger partial charge in [-0.25, -0.2) is 0 Å². The van der Waals surface area contributed by atoms with Crippen molar-refractivity contribution in [2.75, 3.05) is 26.2 Å². The van der Waals surface area contributed by atoms with E-state index in [1.54, 1.807) is 0 Å².